The molecule has 0 saturated heterocycles. The fourth-order valence-electron chi connectivity index (χ4n) is 3.13. The molecule has 2 heterocycles. The van der Waals surface area contributed by atoms with Crippen LogP contribution in [-0.2, 0) is 0 Å². The zero-order valence-electron chi connectivity index (χ0n) is 14.8. The number of hydrogen-bond acceptors (Lipinski definition) is 4. The van der Waals surface area contributed by atoms with Crippen molar-refractivity contribution in [2.24, 2.45) is 0 Å². The van der Waals surface area contributed by atoms with Crippen molar-refractivity contribution in [1.29, 1.82) is 0 Å². The second-order valence-corrected chi connectivity index (χ2v) is 7.91. The molecule has 3 nitrogen and oxygen atoms in total. The number of nitrogens with zero attached hydrogens (tertiary/aromatic N) is 2. The Balaban J connectivity index is 1.95. The number of benzene rings is 2. The number of aryl methyl sites for hydroxylation is 3. The van der Waals surface area contributed by atoms with E-state index < -0.39 is 0 Å². The van der Waals surface area contributed by atoms with Gasteiger partial charge in [0.2, 0.25) is 5.28 Å². The second-order valence-electron chi connectivity index (χ2n) is 6.36. The van der Waals surface area contributed by atoms with Gasteiger partial charge in [-0.2, -0.15) is 4.98 Å². The summed E-state index contributed by atoms with van der Waals surface area (Å²) in [5.74, 6) is 0.747. The highest BCUT2D eigenvalue weighted by atomic mass is 35.5. The van der Waals surface area contributed by atoms with Crippen molar-refractivity contribution in [3.63, 3.8) is 0 Å². The van der Waals surface area contributed by atoms with Gasteiger partial charge in [-0.05, 0) is 55.1 Å². The Morgan fingerprint density at radius 3 is 2.50 bits per heavy atom. The zero-order chi connectivity index (χ0) is 18.3. The lowest BCUT2D eigenvalue weighted by atomic mass is 10.0. The topological polar surface area (TPSA) is 37.8 Å². The van der Waals surface area contributed by atoms with E-state index >= 15 is 0 Å². The van der Waals surface area contributed by atoms with Crippen molar-refractivity contribution >= 4 is 44.7 Å². The van der Waals surface area contributed by atoms with Gasteiger partial charge in [0.1, 0.15) is 10.6 Å². The van der Waals surface area contributed by atoms with Crippen molar-refractivity contribution in [3.05, 3.63) is 69.8 Å². The molecular weight excluding hydrogens is 362 g/mol. The molecule has 0 radical (unpaired) electrons. The first-order chi connectivity index (χ1) is 12.5. The van der Waals surface area contributed by atoms with Gasteiger partial charge in [-0.15, -0.1) is 11.3 Å². The number of aromatic nitrogens is 2. The SMILES string of the molecule is Cc1ccc(C)c(Nc2nc(Cl)nc3sc(C)c(-c4ccccc4)c23)c1. The third-order valence-corrected chi connectivity index (χ3v) is 5.58. The summed E-state index contributed by atoms with van der Waals surface area (Å²) in [5.41, 5.74) is 5.70. The molecule has 0 unspecified atom stereocenters. The first-order valence-electron chi connectivity index (χ1n) is 8.39. The van der Waals surface area contributed by atoms with Crippen LogP contribution >= 0.6 is 22.9 Å². The smallest absolute Gasteiger partial charge is 0.225 e. The summed E-state index contributed by atoms with van der Waals surface area (Å²) in [6.45, 7) is 6.28. The standard InChI is InChI=1S/C21H18ClN3S/c1-12-9-10-13(2)16(11-12)23-19-18-17(15-7-5-4-6-8-15)14(3)26-20(18)25-21(22)24-19/h4-11H,1-3H3,(H,23,24,25). The predicted octanol–water partition coefficient (Wildman–Crippen LogP) is 6.68. The Morgan fingerprint density at radius 2 is 1.73 bits per heavy atom. The molecule has 0 aliphatic heterocycles. The third kappa shape index (κ3) is 3.06. The molecule has 2 aromatic carbocycles. The minimum absolute atomic E-state index is 0.256. The highest BCUT2D eigenvalue weighted by Gasteiger charge is 2.18. The molecule has 130 valence electrons. The Hall–Kier alpha value is -2.43. The van der Waals surface area contributed by atoms with Gasteiger partial charge in [0.15, 0.2) is 0 Å². The van der Waals surface area contributed by atoms with Gasteiger partial charge in [0.25, 0.3) is 0 Å². The lowest BCUT2D eigenvalue weighted by Crippen LogP contribution is -1.99. The summed E-state index contributed by atoms with van der Waals surface area (Å²) in [5, 5.41) is 4.76. The van der Waals surface area contributed by atoms with Crippen LogP contribution in [0.4, 0.5) is 11.5 Å². The van der Waals surface area contributed by atoms with Crippen molar-refractivity contribution in [2.75, 3.05) is 5.32 Å². The predicted molar refractivity (Wildman–Crippen MR) is 112 cm³/mol. The molecule has 0 amide bonds. The van der Waals surface area contributed by atoms with Gasteiger partial charge in [-0.3, -0.25) is 0 Å². The number of hydrogen-bond donors (Lipinski definition) is 1. The van der Waals surface area contributed by atoms with Gasteiger partial charge >= 0.3 is 0 Å². The first kappa shape index (κ1) is 17.0. The summed E-state index contributed by atoms with van der Waals surface area (Å²) in [7, 11) is 0. The molecule has 0 bridgehead atoms. The van der Waals surface area contributed by atoms with Crippen LogP contribution in [0.15, 0.2) is 48.5 Å². The quantitative estimate of drug-likeness (QED) is 0.403. The molecule has 0 atom stereocenters. The van der Waals surface area contributed by atoms with E-state index in [-0.39, 0.29) is 5.28 Å². The van der Waals surface area contributed by atoms with Gasteiger partial charge in [0, 0.05) is 16.1 Å². The summed E-state index contributed by atoms with van der Waals surface area (Å²) >= 11 is 7.86. The van der Waals surface area contributed by atoms with E-state index in [1.54, 1.807) is 11.3 Å². The number of nitrogens with one attached hydrogen (secondary N) is 1. The van der Waals surface area contributed by atoms with Crippen LogP contribution in [-0.4, -0.2) is 9.97 Å². The number of fused-ring (bicyclic) bond motifs is 1. The molecule has 26 heavy (non-hydrogen) atoms. The molecule has 5 heteroatoms. The molecule has 1 N–H and O–H groups in total. The minimum Gasteiger partial charge on any atom is -0.339 e. The monoisotopic (exact) mass is 379 g/mol. The third-order valence-electron chi connectivity index (χ3n) is 4.41. The van der Waals surface area contributed by atoms with Crippen LogP contribution < -0.4 is 5.32 Å². The van der Waals surface area contributed by atoms with E-state index in [1.165, 1.54) is 10.4 Å². The van der Waals surface area contributed by atoms with Crippen LogP contribution in [0.1, 0.15) is 16.0 Å². The molecule has 0 fully saturated rings. The fraction of sp³-hybridized carbons (Fsp3) is 0.143. The molecule has 0 spiro atoms. The Bertz CT molecular complexity index is 1100. The van der Waals surface area contributed by atoms with Crippen molar-refractivity contribution in [3.8, 4) is 11.1 Å². The molecule has 4 aromatic rings. The highest BCUT2D eigenvalue weighted by molar-refractivity contribution is 7.19. The summed E-state index contributed by atoms with van der Waals surface area (Å²) in [6.07, 6.45) is 0. The maximum Gasteiger partial charge on any atom is 0.225 e. The second kappa shape index (κ2) is 6.71. The van der Waals surface area contributed by atoms with Crippen molar-refractivity contribution in [1.82, 2.24) is 9.97 Å². The number of thiophene rings is 1. The van der Waals surface area contributed by atoms with Crippen LogP contribution in [0.5, 0.6) is 0 Å². The van der Waals surface area contributed by atoms with Crippen LogP contribution in [0.2, 0.25) is 5.28 Å². The maximum atomic E-state index is 6.21. The normalized spacial score (nSPS) is 11.1. The average Bonchev–Trinajstić information content (AvgIpc) is 2.94. The van der Waals surface area contributed by atoms with E-state index in [4.69, 9.17) is 11.6 Å². The molecule has 0 aliphatic carbocycles. The lowest BCUT2D eigenvalue weighted by Gasteiger charge is -2.12. The lowest BCUT2D eigenvalue weighted by molar-refractivity contribution is 1.22. The van der Waals surface area contributed by atoms with Crippen LogP contribution in [0, 0.1) is 20.8 Å². The molecule has 2 aromatic heterocycles. The molecule has 0 saturated carbocycles. The van der Waals surface area contributed by atoms with Gasteiger partial charge in [-0.25, -0.2) is 4.98 Å². The highest BCUT2D eigenvalue weighted by Crippen LogP contribution is 2.42. The van der Waals surface area contributed by atoms with Crippen molar-refractivity contribution < 1.29 is 0 Å². The van der Waals surface area contributed by atoms with E-state index in [9.17, 15) is 0 Å². The molecule has 4 rings (SSSR count). The largest absolute Gasteiger partial charge is 0.339 e. The van der Waals surface area contributed by atoms with Gasteiger partial charge in [0.05, 0.1) is 5.39 Å². The van der Waals surface area contributed by atoms with Gasteiger partial charge < -0.3 is 5.32 Å². The van der Waals surface area contributed by atoms with E-state index in [1.807, 2.05) is 18.2 Å². The number of rotatable bonds is 3. The van der Waals surface area contributed by atoms with Crippen molar-refractivity contribution in [2.45, 2.75) is 20.8 Å². The zero-order valence-corrected chi connectivity index (χ0v) is 16.4. The van der Waals surface area contributed by atoms with Gasteiger partial charge in [-0.1, -0.05) is 42.5 Å². The Labute approximate surface area is 161 Å². The minimum atomic E-state index is 0.256. The van der Waals surface area contributed by atoms with E-state index in [0.29, 0.717) is 0 Å². The summed E-state index contributed by atoms with van der Waals surface area (Å²) < 4.78 is 0. The van der Waals surface area contributed by atoms with Crippen LogP contribution in [0.3, 0.4) is 0 Å². The molecule has 0 aliphatic rings. The summed E-state index contributed by atoms with van der Waals surface area (Å²) in [4.78, 5) is 11.1. The maximum absolute atomic E-state index is 6.21. The Morgan fingerprint density at radius 1 is 0.962 bits per heavy atom. The first-order valence-corrected chi connectivity index (χ1v) is 9.58. The fourth-order valence-corrected chi connectivity index (χ4v) is 4.39. The van der Waals surface area contributed by atoms with E-state index in [2.05, 4.69) is 66.4 Å². The summed E-state index contributed by atoms with van der Waals surface area (Å²) in [6, 6.07) is 16.7. The van der Waals surface area contributed by atoms with Crippen LogP contribution in [0.25, 0.3) is 21.3 Å². The molecular formula is C21H18ClN3S. The number of halogens is 1. The average molecular weight is 380 g/mol. The number of anilines is 2. The van der Waals surface area contributed by atoms with E-state index in [0.717, 1.165) is 38.4 Å². The Kier molecular flexibility index (Phi) is 4.39.